The Balaban J connectivity index is 1.82. The molecule has 1 amide bonds. The van der Waals surface area contributed by atoms with Crippen LogP contribution in [0.15, 0.2) is 42.5 Å². The summed E-state index contributed by atoms with van der Waals surface area (Å²) in [5.74, 6) is -0.0626. The van der Waals surface area contributed by atoms with Crippen LogP contribution in [0.4, 0.5) is 5.69 Å². The van der Waals surface area contributed by atoms with Gasteiger partial charge in [-0.3, -0.25) is 14.9 Å². The van der Waals surface area contributed by atoms with E-state index >= 15 is 0 Å². The van der Waals surface area contributed by atoms with E-state index in [0.29, 0.717) is 5.56 Å². The third-order valence-electron chi connectivity index (χ3n) is 5.06. The number of hydrogen-bond donors (Lipinski definition) is 0. The maximum atomic E-state index is 12.9. The van der Waals surface area contributed by atoms with E-state index in [1.54, 1.807) is 18.0 Å². The summed E-state index contributed by atoms with van der Waals surface area (Å²) in [4.78, 5) is 25.0. The second kappa shape index (κ2) is 7.05. The summed E-state index contributed by atoms with van der Waals surface area (Å²) in [7, 11) is 1.74. The highest BCUT2D eigenvalue weighted by Gasteiger charge is 2.21. The molecule has 3 rings (SSSR count). The topological polar surface area (TPSA) is 63.5 Å². The van der Waals surface area contributed by atoms with Gasteiger partial charge in [0.15, 0.2) is 0 Å². The van der Waals surface area contributed by atoms with Gasteiger partial charge in [-0.2, -0.15) is 0 Å². The lowest BCUT2D eigenvalue weighted by Crippen LogP contribution is -2.30. The third-order valence-corrected chi connectivity index (χ3v) is 5.06. The molecule has 5 nitrogen and oxygen atoms in total. The van der Waals surface area contributed by atoms with Gasteiger partial charge in [-0.05, 0) is 61.4 Å². The fraction of sp³-hybridized carbons (Fsp3) is 0.350. The van der Waals surface area contributed by atoms with Crippen LogP contribution in [-0.4, -0.2) is 22.8 Å². The average Bonchev–Trinajstić information content (AvgIpc) is 2.65. The van der Waals surface area contributed by atoms with Crippen LogP contribution in [0.3, 0.4) is 0 Å². The first-order chi connectivity index (χ1) is 12.0. The first-order valence-electron chi connectivity index (χ1n) is 8.60. The molecule has 1 atom stereocenters. The molecule has 2 aromatic rings. The second-order valence-corrected chi connectivity index (χ2v) is 6.63. The number of benzene rings is 2. The van der Waals surface area contributed by atoms with Crippen molar-refractivity contribution in [1.29, 1.82) is 0 Å². The van der Waals surface area contributed by atoms with Crippen molar-refractivity contribution in [2.75, 3.05) is 7.05 Å². The molecule has 0 spiro atoms. The molecule has 0 heterocycles. The van der Waals surface area contributed by atoms with Gasteiger partial charge in [-0.1, -0.05) is 18.2 Å². The largest absolute Gasteiger partial charge is 0.335 e. The summed E-state index contributed by atoms with van der Waals surface area (Å²) >= 11 is 0. The first kappa shape index (κ1) is 17.1. The zero-order valence-electron chi connectivity index (χ0n) is 14.6. The molecule has 1 aliphatic carbocycles. The zero-order valence-corrected chi connectivity index (χ0v) is 14.6. The SMILES string of the molecule is C[C@@H](c1cccc([N+](=O)[O-])c1)N(C)C(=O)c1ccc2c(c1)CCCC2. The molecule has 5 heteroatoms. The van der Waals surface area contributed by atoms with Crippen LogP contribution in [0.1, 0.15) is 52.9 Å². The molecular formula is C20H22N2O3. The molecule has 0 aromatic heterocycles. The number of nitro groups is 1. The Morgan fingerprint density at radius 1 is 1.12 bits per heavy atom. The van der Waals surface area contributed by atoms with Crippen LogP contribution in [-0.2, 0) is 12.8 Å². The number of non-ortho nitro benzene ring substituents is 1. The van der Waals surface area contributed by atoms with Crippen LogP contribution < -0.4 is 0 Å². The van der Waals surface area contributed by atoms with E-state index in [0.717, 1.165) is 18.4 Å². The number of nitro benzene ring substituents is 1. The van der Waals surface area contributed by atoms with Crippen molar-refractivity contribution in [3.63, 3.8) is 0 Å². The Morgan fingerprint density at radius 3 is 2.56 bits per heavy atom. The predicted octanol–water partition coefficient (Wildman–Crippen LogP) is 4.31. The molecule has 130 valence electrons. The fourth-order valence-corrected chi connectivity index (χ4v) is 3.37. The summed E-state index contributed by atoms with van der Waals surface area (Å²) in [6, 6.07) is 12.2. The molecule has 0 fully saturated rings. The van der Waals surface area contributed by atoms with Gasteiger partial charge in [0.05, 0.1) is 11.0 Å². The van der Waals surface area contributed by atoms with Crippen molar-refractivity contribution >= 4 is 11.6 Å². The van der Waals surface area contributed by atoms with Crippen LogP contribution in [0.2, 0.25) is 0 Å². The van der Waals surface area contributed by atoms with Gasteiger partial charge in [0, 0.05) is 24.7 Å². The third kappa shape index (κ3) is 3.55. The maximum absolute atomic E-state index is 12.9. The van der Waals surface area contributed by atoms with Crippen molar-refractivity contribution < 1.29 is 9.72 Å². The molecule has 2 aromatic carbocycles. The van der Waals surface area contributed by atoms with E-state index in [9.17, 15) is 14.9 Å². The van der Waals surface area contributed by atoms with Crippen molar-refractivity contribution in [2.45, 2.75) is 38.6 Å². The van der Waals surface area contributed by atoms with Crippen LogP contribution in [0, 0.1) is 10.1 Å². The first-order valence-corrected chi connectivity index (χ1v) is 8.60. The quantitative estimate of drug-likeness (QED) is 0.616. The molecule has 25 heavy (non-hydrogen) atoms. The number of rotatable bonds is 4. The molecule has 0 unspecified atom stereocenters. The summed E-state index contributed by atoms with van der Waals surface area (Å²) in [5.41, 5.74) is 4.09. The van der Waals surface area contributed by atoms with Gasteiger partial charge >= 0.3 is 0 Å². The molecule has 0 N–H and O–H groups in total. The molecule has 0 radical (unpaired) electrons. The Labute approximate surface area is 147 Å². The van der Waals surface area contributed by atoms with Crippen LogP contribution >= 0.6 is 0 Å². The van der Waals surface area contributed by atoms with E-state index in [-0.39, 0.29) is 17.6 Å². The smallest absolute Gasteiger partial charge is 0.269 e. The number of hydrogen-bond acceptors (Lipinski definition) is 3. The van der Waals surface area contributed by atoms with Crippen molar-refractivity contribution in [1.82, 2.24) is 4.90 Å². The van der Waals surface area contributed by atoms with E-state index in [1.165, 1.54) is 36.1 Å². The molecule has 0 saturated heterocycles. The number of carbonyl (C=O) groups is 1. The minimum Gasteiger partial charge on any atom is -0.335 e. The molecule has 0 aliphatic heterocycles. The lowest BCUT2D eigenvalue weighted by molar-refractivity contribution is -0.384. The maximum Gasteiger partial charge on any atom is 0.269 e. The van der Waals surface area contributed by atoms with Gasteiger partial charge < -0.3 is 4.90 Å². The molecule has 1 aliphatic rings. The number of amides is 1. The van der Waals surface area contributed by atoms with E-state index in [1.807, 2.05) is 25.1 Å². The monoisotopic (exact) mass is 338 g/mol. The number of carbonyl (C=O) groups excluding carboxylic acids is 1. The lowest BCUT2D eigenvalue weighted by atomic mass is 9.90. The van der Waals surface area contributed by atoms with Crippen molar-refractivity contribution in [3.8, 4) is 0 Å². The van der Waals surface area contributed by atoms with Crippen molar-refractivity contribution in [2.24, 2.45) is 0 Å². The average molecular weight is 338 g/mol. The summed E-state index contributed by atoms with van der Waals surface area (Å²) < 4.78 is 0. The second-order valence-electron chi connectivity index (χ2n) is 6.63. The highest BCUT2D eigenvalue weighted by atomic mass is 16.6. The van der Waals surface area contributed by atoms with Crippen LogP contribution in [0.5, 0.6) is 0 Å². The van der Waals surface area contributed by atoms with Crippen LogP contribution in [0.25, 0.3) is 0 Å². The van der Waals surface area contributed by atoms with Gasteiger partial charge in [0.25, 0.3) is 11.6 Å². The summed E-state index contributed by atoms with van der Waals surface area (Å²) in [5, 5.41) is 11.0. The minimum atomic E-state index is -0.415. The number of fused-ring (bicyclic) bond motifs is 1. The van der Waals surface area contributed by atoms with Gasteiger partial charge in [-0.15, -0.1) is 0 Å². The van der Waals surface area contributed by atoms with Gasteiger partial charge in [0.1, 0.15) is 0 Å². The Bertz CT molecular complexity index is 816. The van der Waals surface area contributed by atoms with E-state index < -0.39 is 4.92 Å². The van der Waals surface area contributed by atoms with Gasteiger partial charge in [0.2, 0.25) is 0 Å². The normalized spacial score (nSPS) is 14.5. The summed E-state index contributed by atoms with van der Waals surface area (Å²) in [6.07, 6.45) is 4.50. The Hall–Kier alpha value is -2.69. The summed E-state index contributed by atoms with van der Waals surface area (Å²) in [6.45, 7) is 1.88. The minimum absolute atomic E-state index is 0.0407. The van der Waals surface area contributed by atoms with Gasteiger partial charge in [-0.25, -0.2) is 0 Å². The Morgan fingerprint density at radius 2 is 1.84 bits per heavy atom. The highest BCUT2D eigenvalue weighted by molar-refractivity contribution is 5.94. The number of aryl methyl sites for hydroxylation is 2. The lowest BCUT2D eigenvalue weighted by Gasteiger charge is -2.26. The molecule has 0 bridgehead atoms. The van der Waals surface area contributed by atoms with E-state index in [2.05, 4.69) is 6.07 Å². The van der Waals surface area contributed by atoms with Crippen molar-refractivity contribution in [3.05, 3.63) is 74.8 Å². The Kier molecular flexibility index (Phi) is 4.83. The standard InChI is InChI=1S/C20H22N2O3/c1-14(16-8-5-9-19(13-16)22(24)25)21(2)20(23)18-11-10-15-6-3-4-7-17(15)12-18/h5,8-14H,3-4,6-7H2,1-2H3/t14-/m0/s1. The molecule has 0 saturated carbocycles. The molecular weight excluding hydrogens is 316 g/mol. The predicted molar refractivity (Wildman–Crippen MR) is 96.7 cm³/mol. The fourth-order valence-electron chi connectivity index (χ4n) is 3.37. The number of nitrogens with zero attached hydrogens (tertiary/aromatic N) is 2. The zero-order chi connectivity index (χ0) is 18.0. The highest BCUT2D eigenvalue weighted by Crippen LogP contribution is 2.26. The van der Waals surface area contributed by atoms with E-state index in [4.69, 9.17) is 0 Å².